The van der Waals surface area contributed by atoms with Crippen molar-refractivity contribution in [3.63, 3.8) is 0 Å². The van der Waals surface area contributed by atoms with Crippen molar-refractivity contribution in [1.82, 2.24) is 10.3 Å². The van der Waals surface area contributed by atoms with E-state index in [1.54, 1.807) is 18.3 Å². The van der Waals surface area contributed by atoms with Gasteiger partial charge in [0.15, 0.2) is 0 Å². The number of phenolic OH excluding ortho intramolecular Hbond substituents is 1. The van der Waals surface area contributed by atoms with Crippen LogP contribution in [0.4, 0.5) is 5.69 Å². The number of carbonyl (C=O) groups is 1. The molecular formula is C28H26N4O2. The van der Waals surface area contributed by atoms with E-state index in [1.165, 1.54) is 0 Å². The number of amides is 1. The van der Waals surface area contributed by atoms with E-state index in [0.29, 0.717) is 6.42 Å². The fourth-order valence-corrected chi connectivity index (χ4v) is 5.20. The van der Waals surface area contributed by atoms with Crippen molar-refractivity contribution in [2.24, 2.45) is 4.99 Å². The molecule has 0 fully saturated rings. The summed E-state index contributed by atoms with van der Waals surface area (Å²) in [6.45, 7) is 2.76. The number of H-pyrrole nitrogens is 1. The fourth-order valence-electron chi connectivity index (χ4n) is 5.20. The molecule has 1 amide bonds. The summed E-state index contributed by atoms with van der Waals surface area (Å²) in [5, 5.41) is 17.8. The topological polar surface area (TPSA) is 89.5 Å². The maximum Gasteiger partial charge on any atom is 0.245 e. The van der Waals surface area contributed by atoms with Gasteiger partial charge in [-0.15, -0.1) is 0 Å². The number of hydrogen-bond acceptors (Lipinski definition) is 4. The van der Waals surface area contributed by atoms with E-state index in [-0.39, 0.29) is 17.7 Å². The van der Waals surface area contributed by atoms with Crippen LogP contribution < -0.4 is 10.6 Å². The fraction of sp³-hybridized carbons (Fsp3) is 0.214. The van der Waals surface area contributed by atoms with E-state index in [4.69, 9.17) is 0 Å². The number of fused-ring (bicyclic) bond motifs is 3. The van der Waals surface area contributed by atoms with E-state index >= 15 is 0 Å². The number of aryl methyl sites for hydroxylation is 1. The predicted molar refractivity (Wildman–Crippen MR) is 136 cm³/mol. The van der Waals surface area contributed by atoms with Gasteiger partial charge in [0.1, 0.15) is 11.8 Å². The third-order valence-corrected chi connectivity index (χ3v) is 6.96. The predicted octanol–water partition coefficient (Wildman–Crippen LogP) is 4.87. The lowest BCUT2D eigenvalue weighted by atomic mass is 9.92. The SMILES string of the molecule is Cc1cc(O)cc2c1CC(C(=O)NC1CCNc3cc4[nH]cc(-c5ccccc5)c4cc31)N=C2. The Balaban J connectivity index is 1.29. The summed E-state index contributed by atoms with van der Waals surface area (Å²) in [5.41, 5.74) is 8.48. The molecule has 170 valence electrons. The summed E-state index contributed by atoms with van der Waals surface area (Å²) in [7, 11) is 0. The van der Waals surface area contributed by atoms with Crippen LogP contribution in [-0.2, 0) is 11.2 Å². The van der Waals surface area contributed by atoms with Crippen LogP contribution in [0.2, 0.25) is 0 Å². The Kier molecular flexibility index (Phi) is 4.87. The van der Waals surface area contributed by atoms with Crippen molar-refractivity contribution >= 4 is 28.7 Å². The number of carbonyl (C=O) groups excluding carboxylic acids is 1. The van der Waals surface area contributed by atoms with Gasteiger partial charge in [0.05, 0.1) is 6.04 Å². The lowest BCUT2D eigenvalue weighted by Gasteiger charge is -2.29. The van der Waals surface area contributed by atoms with Gasteiger partial charge in [0.25, 0.3) is 0 Å². The first kappa shape index (κ1) is 20.5. The van der Waals surface area contributed by atoms with Crippen molar-refractivity contribution < 1.29 is 9.90 Å². The third-order valence-electron chi connectivity index (χ3n) is 6.96. The van der Waals surface area contributed by atoms with Crippen molar-refractivity contribution in [2.75, 3.05) is 11.9 Å². The van der Waals surface area contributed by atoms with Crippen LogP contribution in [-0.4, -0.2) is 34.8 Å². The van der Waals surface area contributed by atoms with Gasteiger partial charge in [-0.05, 0) is 65.4 Å². The minimum Gasteiger partial charge on any atom is -0.508 e. The number of aromatic amines is 1. The average Bonchev–Trinajstić information content (AvgIpc) is 3.26. The molecule has 0 radical (unpaired) electrons. The zero-order valence-electron chi connectivity index (χ0n) is 18.9. The summed E-state index contributed by atoms with van der Waals surface area (Å²) in [5.74, 6) is 0.160. The molecule has 0 spiro atoms. The normalized spacial score (nSPS) is 18.7. The highest BCUT2D eigenvalue weighted by molar-refractivity contribution is 5.98. The van der Waals surface area contributed by atoms with Crippen LogP contribution in [0, 0.1) is 6.92 Å². The van der Waals surface area contributed by atoms with E-state index in [1.807, 2.05) is 31.3 Å². The quantitative estimate of drug-likeness (QED) is 0.359. The number of rotatable bonds is 3. The molecular weight excluding hydrogens is 424 g/mol. The Morgan fingerprint density at radius 2 is 2.00 bits per heavy atom. The Morgan fingerprint density at radius 1 is 1.15 bits per heavy atom. The minimum absolute atomic E-state index is 0.0651. The maximum absolute atomic E-state index is 13.3. The van der Waals surface area contributed by atoms with Crippen molar-refractivity contribution in [3.8, 4) is 16.9 Å². The third kappa shape index (κ3) is 3.52. The summed E-state index contributed by atoms with van der Waals surface area (Å²) in [6, 6.07) is 17.6. The second-order valence-electron chi connectivity index (χ2n) is 9.16. The number of hydrogen-bond donors (Lipinski definition) is 4. The molecule has 1 aromatic heterocycles. The Hall–Kier alpha value is -4.06. The first-order chi connectivity index (χ1) is 16.6. The summed E-state index contributed by atoms with van der Waals surface area (Å²) >= 11 is 0. The Morgan fingerprint density at radius 3 is 2.85 bits per heavy atom. The first-order valence-electron chi connectivity index (χ1n) is 11.7. The number of aromatic nitrogens is 1. The zero-order chi connectivity index (χ0) is 23.2. The van der Waals surface area contributed by atoms with Gasteiger partial charge in [-0.25, -0.2) is 0 Å². The summed E-state index contributed by atoms with van der Waals surface area (Å²) in [4.78, 5) is 21.2. The minimum atomic E-state index is -0.468. The molecule has 6 heteroatoms. The molecule has 2 unspecified atom stereocenters. The lowest BCUT2D eigenvalue weighted by Crippen LogP contribution is -2.40. The van der Waals surface area contributed by atoms with Crippen LogP contribution in [0.25, 0.3) is 22.0 Å². The molecule has 2 aliphatic rings. The molecule has 0 aliphatic carbocycles. The van der Waals surface area contributed by atoms with E-state index in [2.05, 4.69) is 44.9 Å². The van der Waals surface area contributed by atoms with Crippen LogP contribution in [0.5, 0.6) is 5.75 Å². The van der Waals surface area contributed by atoms with Gasteiger partial charge in [-0.3, -0.25) is 9.79 Å². The zero-order valence-corrected chi connectivity index (χ0v) is 18.9. The Bertz CT molecular complexity index is 1440. The molecule has 4 N–H and O–H groups in total. The van der Waals surface area contributed by atoms with Gasteiger partial charge in [-0.1, -0.05) is 30.3 Å². The van der Waals surface area contributed by atoms with E-state index in [9.17, 15) is 9.90 Å². The molecule has 6 nitrogen and oxygen atoms in total. The van der Waals surface area contributed by atoms with Gasteiger partial charge in [0, 0.05) is 47.5 Å². The monoisotopic (exact) mass is 450 g/mol. The van der Waals surface area contributed by atoms with Crippen molar-refractivity contribution in [3.05, 3.63) is 83.0 Å². The highest BCUT2D eigenvalue weighted by atomic mass is 16.3. The van der Waals surface area contributed by atoms with Crippen molar-refractivity contribution in [2.45, 2.75) is 31.8 Å². The smallest absolute Gasteiger partial charge is 0.245 e. The average molecular weight is 451 g/mol. The van der Waals surface area contributed by atoms with E-state index < -0.39 is 6.04 Å². The molecule has 2 aliphatic heterocycles. The highest BCUT2D eigenvalue weighted by Gasteiger charge is 2.28. The standard InChI is InChI=1S/C28H26N4O2/c1-16-9-19(33)10-18-14-30-27(12-20(16)18)28(34)32-24-7-8-29-26-13-25-21(11-22(24)26)23(15-31-25)17-5-3-2-4-6-17/h2-6,9-11,13-15,24,27,29,31,33H,7-8,12H2,1H3,(H,32,34). The summed E-state index contributed by atoms with van der Waals surface area (Å²) in [6.07, 6.45) is 5.11. The molecule has 6 rings (SSSR count). The molecule has 0 saturated carbocycles. The van der Waals surface area contributed by atoms with E-state index in [0.717, 1.165) is 62.9 Å². The largest absolute Gasteiger partial charge is 0.508 e. The number of benzene rings is 3. The Labute approximate surface area is 197 Å². The number of aliphatic imine (C=N–C) groups is 1. The van der Waals surface area contributed by atoms with Gasteiger partial charge >= 0.3 is 0 Å². The molecule has 0 saturated heterocycles. The molecule has 2 atom stereocenters. The lowest BCUT2D eigenvalue weighted by molar-refractivity contribution is -0.123. The number of nitrogens with one attached hydrogen (secondary N) is 3. The molecule has 0 bridgehead atoms. The number of nitrogens with zero attached hydrogens (tertiary/aromatic N) is 1. The van der Waals surface area contributed by atoms with Gasteiger partial charge in [-0.2, -0.15) is 0 Å². The second kappa shape index (κ2) is 8.06. The van der Waals surface area contributed by atoms with Crippen molar-refractivity contribution in [1.29, 1.82) is 0 Å². The van der Waals surface area contributed by atoms with Crippen LogP contribution in [0.3, 0.4) is 0 Å². The van der Waals surface area contributed by atoms with Crippen LogP contribution >= 0.6 is 0 Å². The number of phenols is 1. The van der Waals surface area contributed by atoms with Crippen LogP contribution in [0.15, 0.2) is 65.8 Å². The van der Waals surface area contributed by atoms with Crippen LogP contribution in [0.1, 0.15) is 34.7 Å². The molecule has 3 heterocycles. The molecule has 3 aromatic carbocycles. The second-order valence-corrected chi connectivity index (χ2v) is 9.16. The first-order valence-corrected chi connectivity index (χ1v) is 11.7. The number of aromatic hydroxyl groups is 1. The molecule has 4 aromatic rings. The van der Waals surface area contributed by atoms with Gasteiger partial charge in [0.2, 0.25) is 5.91 Å². The highest BCUT2D eigenvalue weighted by Crippen LogP contribution is 2.37. The summed E-state index contributed by atoms with van der Waals surface area (Å²) < 4.78 is 0. The number of anilines is 1. The van der Waals surface area contributed by atoms with Gasteiger partial charge < -0.3 is 20.7 Å². The molecule has 34 heavy (non-hydrogen) atoms. The maximum atomic E-state index is 13.3.